The molecule has 3 heterocycles. The molecule has 0 spiro atoms. The Morgan fingerprint density at radius 1 is 1.00 bits per heavy atom. The second-order valence-corrected chi connectivity index (χ2v) is 7.26. The lowest BCUT2D eigenvalue weighted by molar-refractivity contribution is 0.824. The maximum absolute atomic E-state index is 5.41. The highest BCUT2D eigenvalue weighted by Gasteiger charge is 2.11. The monoisotopic (exact) mass is 400 g/mol. The third kappa shape index (κ3) is 3.00. The Morgan fingerprint density at radius 2 is 1.79 bits per heavy atom. The number of nitrogens with one attached hydrogen (secondary N) is 2. The number of pyridine rings is 1. The number of H-pyrrole nitrogens is 1. The fourth-order valence-corrected chi connectivity index (χ4v) is 4.06. The predicted octanol–water partition coefficient (Wildman–Crippen LogP) is 4.87. The van der Waals surface area contributed by atoms with Crippen LogP contribution < -0.4 is 5.43 Å². The van der Waals surface area contributed by atoms with Gasteiger partial charge in [-0.25, -0.2) is 9.77 Å². The molecule has 2 aromatic carbocycles. The van der Waals surface area contributed by atoms with Gasteiger partial charge in [0.2, 0.25) is 4.77 Å². The average molecular weight is 401 g/mol. The lowest BCUT2D eigenvalue weighted by atomic mass is 10.1. The van der Waals surface area contributed by atoms with Crippen LogP contribution in [0, 0.1) is 4.77 Å². The largest absolute Gasteiger partial charge is 0.341 e. The Morgan fingerprint density at radius 3 is 2.62 bits per heavy atom. The highest BCUT2D eigenvalue weighted by Crippen LogP contribution is 2.29. The molecule has 144 valence electrons. The molecular formula is C22H20N6S. The van der Waals surface area contributed by atoms with E-state index in [9.17, 15) is 0 Å². The van der Waals surface area contributed by atoms with E-state index in [4.69, 9.17) is 12.2 Å². The first-order valence-corrected chi connectivity index (χ1v) is 9.98. The highest BCUT2D eigenvalue weighted by atomic mass is 32.1. The molecule has 0 saturated heterocycles. The number of hydrogen-bond acceptors (Lipinski definition) is 4. The van der Waals surface area contributed by atoms with Gasteiger partial charge < -0.3 is 9.99 Å². The quantitative estimate of drug-likeness (QED) is 0.413. The predicted molar refractivity (Wildman–Crippen MR) is 119 cm³/mol. The van der Waals surface area contributed by atoms with Crippen LogP contribution in [-0.4, -0.2) is 24.4 Å². The van der Waals surface area contributed by atoms with E-state index in [0.29, 0.717) is 11.3 Å². The van der Waals surface area contributed by atoms with E-state index in [1.807, 2.05) is 16.8 Å². The van der Waals surface area contributed by atoms with Crippen LogP contribution in [0.3, 0.4) is 0 Å². The number of nitrogens with zero attached hydrogens (tertiary/aromatic N) is 4. The zero-order valence-electron chi connectivity index (χ0n) is 16.0. The van der Waals surface area contributed by atoms with Gasteiger partial charge in [0, 0.05) is 46.3 Å². The van der Waals surface area contributed by atoms with Crippen molar-refractivity contribution in [1.29, 1.82) is 0 Å². The summed E-state index contributed by atoms with van der Waals surface area (Å²) < 4.78 is 4.69. The topological polar surface area (TPSA) is 63.5 Å². The van der Waals surface area contributed by atoms with Crippen molar-refractivity contribution in [2.45, 2.75) is 20.0 Å². The Labute approximate surface area is 172 Å². The minimum absolute atomic E-state index is 0.528. The number of fused-ring (bicyclic) bond motifs is 3. The minimum Gasteiger partial charge on any atom is -0.341 e. The molecule has 0 atom stereocenters. The number of aromatic amines is 1. The lowest BCUT2D eigenvalue weighted by Gasteiger charge is -2.10. The number of rotatable bonds is 5. The summed E-state index contributed by atoms with van der Waals surface area (Å²) in [6, 6.07) is 19.0. The number of hydrogen-bond donors (Lipinski definition) is 2. The van der Waals surface area contributed by atoms with Crippen molar-refractivity contribution in [3.8, 4) is 11.4 Å². The summed E-state index contributed by atoms with van der Waals surface area (Å²) in [6.45, 7) is 3.76. The van der Waals surface area contributed by atoms with E-state index < -0.39 is 0 Å². The van der Waals surface area contributed by atoms with Crippen molar-refractivity contribution < 1.29 is 0 Å². The Kier molecular flexibility index (Phi) is 4.37. The van der Waals surface area contributed by atoms with Gasteiger partial charge in [-0.05, 0) is 55.0 Å². The van der Waals surface area contributed by atoms with Crippen LogP contribution in [0.1, 0.15) is 12.5 Å². The smallest absolute Gasteiger partial charge is 0.214 e. The van der Waals surface area contributed by atoms with Gasteiger partial charge in [-0.1, -0.05) is 24.3 Å². The summed E-state index contributed by atoms with van der Waals surface area (Å²) in [5.74, 6) is 0.737. The Balaban J connectivity index is 1.50. The molecule has 0 amide bonds. The summed E-state index contributed by atoms with van der Waals surface area (Å²) in [6.07, 6.45) is 3.49. The molecular weight excluding hydrogens is 380 g/mol. The molecule has 2 N–H and O–H groups in total. The van der Waals surface area contributed by atoms with E-state index in [-0.39, 0.29) is 0 Å². The molecule has 3 aromatic heterocycles. The van der Waals surface area contributed by atoms with Crippen LogP contribution in [0.5, 0.6) is 0 Å². The minimum atomic E-state index is 0.528. The zero-order valence-corrected chi connectivity index (χ0v) is 16.8. The molecule has 7 heteroatoms. The third-order valence-electron chi connectivity index (χ3n) is 5.21. The second-order valence-electron chi connectivity index (χ2n) is 6.87. The Bertz CT molecular complexity index is 1360. The molecule has 0 aliphatic heterocycles. The summed E-state index contributed by atoms with van der Waals surface area (Å²) in [7, 11) is 0. The number of benzene rings is 2. The summed E-state index contributed by atoms with van der Waals surface area (Å²) >= 11 is 5.41. The Hall–Kier alpha value is -3.45. The van der Waals surface area contributed by atoms with Gasteiger partial charge in [-0.2, -0.15) is 5.10 Å². The van der Waals surface area contributed by atoms with E-state index in [0.717, 1.165) is 17.9 Å². The summed E-state index contributed by atoms with van der Waals surface area (Å²) in [4.78, 5) is 4.07. The first kappa shape index (κ1) is 17.6. The SMILES string of the molecule is CCn1c2ccccc2c2cc(CNn3c(-c4ccncc4)n[nH]c3=S)ccc21. The zero-order chi connectivity index (χ0) is 19.8. The van der Waals surface area contributed by atoms with Crippen molar-refractivity contribution in [2.24, 2.45) is 0 Å². The first-order chi connectivity index (χ1) is 14.3. The van der Waals surface area contributed by atoms with Crippen molar-refractivity contribution in [3.05, 3.63) is 77.3 Å². The van der Waals surface area contributed by atoms with E-state index in [1.54, 1.807) is 12.4 Å². The lowest BCUT2D eigenvalue weighted by Crippen LogP contribution is -2.15. The summed E-state index contributed by atoms with van der Waals surface area (Å²) in [5.41, 5.74) is 8.06. The molecule has 0 bridgehead atoms. The van der Waals surface area contributed by atoms with Gasteiger partial charge in [0.05, 0.1) is 6.54 Å². The molecule has 6 nitrogen and oxygen atoms in total. The molecule has 0 unspecified atom stereocenters. The van der Waals surface area contributed by atoms with E-state index in [2.05, 4.69) is 74.6 Å². The van der Waals surface area contributed by atoms with Gasteiger partial charge in [-0.3, -0.25) is 4.98 Å². The van der Waals surface area contributed by atoms with Crippen molar-refractivity contribution in [3.63, 3.8) is 0 Å². The van der Waals surface area contributed by atoms with Gasteiger partial charge in [-0.15, -0.1) is 0 Å². The van der Waals surface area contributed by atoms with Crippen molar-refractivity contribution in [1.82, 2.24) is 24.4 Å². The maximum Gasteiger partial charge on any atom is 0.214 e. The van der Waals surface area contributed by atoms with Crippen LogP contribution in [0.15, 0.2) is 67.0 Å². The number of aromatic nitrogens is 5. The molecule has 0 aliphatic carbocycles. The van der Waals surface area contributed by atoms with Gasteiger partial charge in [0.1, 0.15) is 0 Å². The van der Waals surface area contributed by atoms with Crippen LogP contribution in [-0.2, 0) is 13.1 Å². The normalized spacial score (nSPS) is 11.3. The second kappa shape index (κ2) is 7.18. The molecule has 0 radical (unpaired) electrons. The highest BCUT2D eigenvalue weighted by molar-refractivity contribution is 7.71. The fraction of sp³-hybridized carbons (Fsp3) is 0.136. The van der Waals surface area contributed by atoms with Gasteiger partial charge in [0.15, 0.2) is 5.82 Å². The first-order valence-electron chi connectivity index (χ1n) is 9.58. The van der Waals surface area contributed by atoms with Crippen LogP contribution in [0.25, 0.3) is 33.2 Å². The number of aryl methyl sites for hydroxylation is 1. The van der Waals surface area contributed by atoms with E-state index in [1.165, 1.54) is 27.4 Å². The van der Waals surface area contributed by atoms with Crippen LogP contribution in [0.2, 0.25) is 0 Å². The van der Waals surface area contributed by atoms with Gasteiger partial charge >= 0.3 is 0 Å². The molecule has 0 saturated carbocycles. The third-order valence-corrected chi connectivity index (χ3v) is 5.48. The fourth-order valence-electron chi connectivity index (χ4n) is 3.86. The van der Waals surface area contributed by atoms with Crippen LogP contribution in [0.4, 0.5) is 0 Å². The molecule has 0 aliphatic rings. The van der Waals surface area contributed by atoms with Crippen molar-refractivity contribution in [2.75, 3.05) is 5.43 Å². The molecule has 5 aromatic rings. The number of para-hydroxylation sites is 1. The maximum atomic E-state index is 5.41. The van der Waals surface area contributed by atoms with Crippen molar-refractivity contribution >= 4 is 34.0 Å². The molecule has 29 heavy (non-hydrogen) atoms. The molecule has 0 fully saturated rings. The standard InChI is InChI=1S/C22H20N6S/c1-2-27-19-6-4-3-5-17(19)18-13-15(7-8-20(18)27)14-24-28-21(25-26-22(28)29)16-9-11-23-12-10-16/h3-13,24H,2,14H2,1H3,(H,26,29). The average Bonchev–Trinajstić information content (AvgIpc) is 3.30. The molecule has 5 rings (SSSR count). The van der Waals surface area contributed by atoms with Crippen LogP contribution >= 0.6 is 12.2 Å². The summed E-state index contributed by atoms with van der Waals surface area (Å²) in [5, 5.41) is 9.77. The van der Waals surface area contributed by atoms with E-state index >= 15 is 0 Å². The van der Waals surface area contributed by atoms with Gasteiger partial charge in [0.25, 0.3) is 0 Å².